The molecule has 0 saturated carbocycles. The highest BCUT2D eigenvalue weighted by atomic mass is 16.5. The standard InChI is InChI=1S/C33H33N9O2/c1-32(2,3)17-37-29-21(14-35)15-36-28-20(13-34)11-22(12-26(28)29)38-30(27-16-42(40-39-27)33(4)18-44-19-33)24-7-6-8-25-23(24)9-10-41(5)31(25)43/h6-12,15-16,30,38H,17-19H2,1-5H3,(H,36,37)/t30-/m0/s1. The van der Waals surface area contributed by atoms with Gasteiger partial charge in [-0.25, -0.2) is 4.68 Å². The van der Waals surface area contributed by atoms with Crippen LogP contribution < -0.4 is 16.2 Å². The second-order valence-electron chi connectivity index (χ2n) is 12.8. The van der Waals surface area contributed by atoms with Gasteiger partial charge in [0.15, 0.2) is 0 Å². The molecule has 6 rings (SSSR count). The van der Waals surface area contributed by atoms with Crippen molar-refractivity contribution >= 4 is 33.1 Å². The van der Waals surface area contributed by atoms with Crippen LogP contribution in [0.1, 0.15) is 56.1 Å². The summed E-state index contributed by atoms with van der Waals surface area (Å²) in [6, 6.07) is 15.2. The number of nitrogens with zero attached hydrogens (tertiary/aromatic N) is 7. The van der Waals surface area contributed by atoms with E-state index in [1.54, 1.807) is 23.9 Å². The van der Waals surface area contributed by atoms with Crippen LogP contribution in [0.25, 0.3) is 21.7 Å². The molecule has 0 radical (unpaired) electrons. The monoisotopic (exact) mass is 587 g/mol. The molecule has 4 heterocycles. The Balaban J connectivity index is 1.53. The van der Waals surface area contributed by atoms with Gasteiger partial charge >= 0.3 is 0 Å². The Bertz CT molecular complexity index is 2050. The van der Waals surface area contributed by atoms with Crippen molar-refractivity contribution in [2.75, 3.05) is 30.4 Å². The molecule has 2 N–H and O–H groups in total. The topological polar surface area (TPSA) is 146 Å². The summed E-state index contributed by atoms with van der Waals surface area (Å²) in [6.45, 7) is 10.1. The van der Waals surface area contributed by atoms with Crippen LogP contribution >= 0.6 is 0 Å². The van der Waals surface area contributed by atoms with Gasteiger partial charge < -0.3 is 19.9 Å². The number of hydrogen-bond donors (Lipinski definition) is 2. The van der Waals surface area contributed by atoms with Crippen molar-refractivity contribution in [3.05, 3.63) is 87.7 Å². The zero-order valence-corrected chi connectivity index (χ0v) is 25.3. The number of hydrogen-bond acceptors (Lipinski definition) is 9. The average molecular weight is 588 g/mol. The lowest BCUT2D eigenvalue weighted by Gasteiger charge is -2.37. The fourth-order valence-electron chi connectivity index (χ4n) is 5.43. The Morgan fingerprint density at radius 1 is 1.09 bits per heavy atom. The third-order valence-electron chi connectivity index (χ3n) is 7.97. The zero-order valence-electron chi connectivity index (χ0n) is 25.3. The molecule has 222 valence electrons. The van der Waals surface area contributed by atoms with Gasteiger partial charge in [0.2, 0.25) is 0 Å². The minimum atomic E-state index is -0.536. The number of ether oxygens (including phenoxy) is 1. The van der Waals surface area contributed by atoms with E-state index in [1.165, 1.54) is 6.20 Å². The van der Waals surface area contributed by atoms with Crippen molar-refractivity contribution in [3.8, 4) is 12.1 Å². The molecule has 2 aromatic carbocycles. The maximum atomic E-state index is 13.1. The van der Waals surface area contributed by atoms with Crippen molar-refractivity contribution in [1.82, 2.24) is 24.5 Å². The Kier molecular flexibility index (Phi) is 7.07. The number of nitriles is 2. The van der Waals surface area contributed by atoms with E-state index < -0.39 is 6.04 Å². The molecular formula is C33H33N9O2. The summed E-state index contributed by atoms with van der Waals surface area (Å²) < 4.78 is 8.83. The van der Waals surface area contributed by atoms with Crippen LogP contribution in [-0.2, 0) is 17.3 Å². The molecule has 0 spiro atoms. The number of aromatic nitrogens is 5. The third kappa shape index (κ3) is 5.12. The van der Waals surface area contributed by atoms with Crippen LogP contribution in [0.15, 0.2) is 59.8 Å². The van der Waals surface area contributed by atoms with Gasteiger partial charge in [0.25, 0.3) is 5.56 Å². The molecule has 0 amide bonds. The van der Waals surface area contributed by atoms with Gasteiger partial charge in [-0.05, 0) is 47.6 Å². The molecule has 1 aliphatic heterocycles. The van der Waals surface area contributed by atoms with Crippen LogP contribution in [0.3, 0.4) is 0 Å². The molecule has 1 aliphatic rings. The predicted molar refractivity (Wildman–Crippen MR) is 168 cm³/mol. The lowest BCUT2D eigenvalue weighted by Crippen LogP contribution is -2.49. The van der Waals surface area contributed by atoms with Crippen molar-refractivity contribution in [2.24, 2.45) is 12.5 Å². The first-order valence-electron chi connectivity index (χ1n) is 14.4. The molecular weight excluding hydrogens is 554 g/mol. The highest BCUT2D eigenvalue weighted by Crippen LogP contribution is 2.36. The fourth-order valence-corrected chi connectivity index (χ4v) is 5.43. The summed E-state index contributed by atoms with van der Waals surface area (Å²) in [6.07, 6.45) is 5.16. The molecule has 0 unspecified atom stereocenters. The van der Waals surface area contributed by atoms with Gasteiger partial charge in [0.05, 0.1) is 47.8 Å². The smallest absolute Gasteiger partial charge is 0.258 e. The second-order valence-corrected chi connectivity index (χ2v) is 12.8. The number of fused-ring (bicyclic) bond motifs is 2. The summed E-state index contributed by atoms with van der Waals surface area (Å²) in [5.74, 6) is 0. The highest BCUT2D eigenvalue weighted by molar-refractivity contribution is 5.99. The van der Waals surface area contributed by atoms with Crippen molar-refractivity contribution in [3.63, 3.8) is 0 Å². The summed E-state index contributed by atoms with van der Waals surface area (Å²) in [4.78, 5) is 17.5. The Hall–Kier alpha value is -5.26. The molecule has 5 aromatic rings. The number of benzene rings is 2. The van der Waals surface area contributed by atoms with E-state index in [-0.39, 0.29) is 16.5 Å². The van der Waals surface area contributed by atoms with E-state index in [0.717, 1.165) is 10.9 Å². The van der Waals surface area contributed by atoms with Gasteiger partial charge in [-0.1, -0.05) is 38.1 Å². The van der Waals surface area contributed by atoms with Crippen molar-refractivity contribution in [1.29, 1.82) is 10.5 Å². The molecule has 0 aliphatic carbocycles. The number of anilines is 2. The van der Waals surface area contributed by atoms with E-state index >= 15 is 0 Å². The number of pyridine rings is 2. The van der Waals surface area contributed by atoms with E-state index in [1.807, 2.05) is 41.2 Å². The first-order valence-corrected chi connectivity index (χ1v) is 14.4. The van der Waals surface area contributed by atoms with Gasteiger partial charge in [-0.15, -0.1) is 5.10 Å². The normalized spacial score (nSPS) is 14.9. The first kappa shape index (κ1) is 28.8. The van der Waals surface area contributed by atoms with E-state index in [0.29, 0.717) is 64.2 Å². The van der Waals surface area contributed by atoms with Crippen LogP contribution in [0.5, 0.6) is 0 Å². The fraction of sp³-hybridized carbons (Fsp3) is 0.333. The molecule has 1 atom stereocenters. The average Bonchev–Trinajstić information content (AvgIpc) is 3.48. The number of aryl methyl sites for hydroxylation is 1. The van der Waals surface area contributed by atoms with E-state index in [9.17, 15) is 15.3 Å². The van der Waals surface area contributed by atoms with Crippen LogP contribution in [0, 0.1) is 28.1 Å². The van der Waals surface area contributed by atoms with Crippen LogP contribution in [0.2, 0.25) is 0 Å². The molecule has 0 bridgehead atoms. The first-order chi connectivity index (χ1) is 21.0. The van der Waals surface area contributed by atoms with Crippen molar-refractivity contribution in [2.45, 2.75) is 39.3 Å². The number of rotatable bonds is 7. The molecule has 1 saturated heterocycles. The Morgan fingerprint density at radius 3 is 2.55 bits per heavy atom. The van der Waals surface area contributed by atoms with Crippen LogP contribution in [-0.4, -0.2) is 44.3 Å². The van der Waals surface area contributed by atoms with Crippen LogP contribution in [0.4, 0.5) is 11.4 Å². The van der Waals surface area contributed by atoms with E-state index in [4.69, 9.17) is 4.74 Å². The third-order valence-corrected chi connectivity index (χ3v) is 7.97. The second kappa shape index (κ2) is 10.8. The molecule has 44 heavy (non-hydrogen) atoms. The lowest BCUT2D eigenvalue weighted by molar-refractivity contribution is -0.0965. The Labute approximate surface area is 254 Å². The van der Waals surface area contributed by atoms with Crippen molar-refractivity contribution < 1.29 is 4.74 Å². The zero-order chi connectivity index (χ0) is 31.2. The molecule has 11 heteroatoms. The maximum Gasteiger partial charge on any atom is 0.258 e. The maximum absolute atomic E-state index is 13.1. The van der Waals surface area contributed by atoms with E-state index in [2.05, 4.69) is 65.8 Å². The highest BCUT2D eigenvalue weighted by Gasteiger charge is 2.37. The quantitative estimate of drug-likeness (QED) is 0.273. The SMILES string of the molecule is Cn1ccc2c([C@H](Nc3cc(C#N)c4ncc(C#N)c(NCC(C)(C)C)c4c3)c3cn(C4(C)COC4)nn3)cccc2c1=O. The van der Waals surface area contributed by atoms with Gasteiger partial charge in [0.1, 0.15) is 23.4 Å². The summed E-state index contributed by atoms with van der Waals surface area (Å²) in [5, 5.41) is 38.1. The minimum Gasteiger partial charge on any atom is -0.383 e. The summed E-state index contributed by atoms with van der Waals surface area (Å²) >= 11 is 0. The van der Waals surface area contributed by atoms with Gasteiger partial charge in [0, 0.05) is 42.4 Å². The number of nitrogens with one attached hydrogen (secondary N) is 2. The van der Waals surface area contributed by atoms with Gasteiger partial charge in [-0.3, -0.25) is 9.78 Å². The Morgan fingerprint density at radius 2 is 1.86 bits per heavy atom. The molecule has 1 fully saturated rings. The summed E-state index contributed by atoms with van der Waals surface area (Å²) in [7, 11) is 1.73. The minimum absolute atomic E-state index is 0.0549. The predicted octanol–water partition coefficient (Wildman–Crippen LogP) is 4.83. The van der Waals surface area contributed by atoms with Gasteiger partial charge in [-0.2, -0.15) is 10.5 Å². The summed E-state index contributed by atoms with van der Waals surface area (Å²) in [5.41, 5.74) is 3.52. The molecule has 11 nitrogen and oxygen atoms in total. The molecule has 3 aromatic heterocycles. The largest absolute Gasteiger partial charge is 0.383 e. The lowest BCUT2D eigenvalue weighted by atomic mass is 9.95.